The maximum Gasteiger partial charge on any atom is 0.338 e. The Balaban J connectivity index is 2.14. The van der Waals surface area contributed by atoms with E-state index in [0.29, 0.717) is 11.4 Å². The number of rotatable bonds is 4. The molecule has 7 heteroatoms. The van der Waals surface area contributed by atoms with Crippen LogP contribution in [-0.2, 0) is 11.3 Å². The van der Waals surface area contributed by atoms with Crippen molar-refractivity contribution < 1.29 is 9.53 Å². The summed E-state index contributed by atoms with van der Waals surface area (Å²) in [6, 6.07) is 18.0. The number of benzene rings is 2. The van der Waals surface area contributed by atoms with Crippen LogP contribution in [0.3, 0.4) is 0 Å². The second-order valence-electron chi connectivity index (χ2n) is 7.34. The fourth-order valence-corrected chi connectivity index (χ4v) is 3.68. The standard InChI is InChI=1S/C24H21N3O4/c1-15-8-7-9-17(12-15)14-26-22(28)20-19(23(29)31-3)13-16(2)25-21(20)27(24(26)30)18-10-5-4-6-11-18/h4-13H,14H2,1-3H3. The fourth-order valence-electron chi connectivity index (χ4n) is 3.68. The van der Waals surface area contributed by atoms with Crippen LogP contribution in [0.5, 0.6) is 0 Å². The van der Waals surface area contributed by atoms with E-state index in [4.69, 9.17) is 4.74 Å². The first-order chi connectivity index (χ1) is 14.9. The molecule has 2 aromatic heterocycles. The molecule has 0 aliphatic rings. The molecule has 31 heavy (non-hydrogen) atoms. The summed E-state index contributed by atoms with van der Waals surface area (Å²) in [6.07, 6.45) is 0. The number of hydrogen-bond acceptors (Lipinski definition) is 5. The average Bonchev–Trinajstić information content (AvgIpc) is 2.76. The van der Waals surface area contributed by atoms with E-state index in [9.17, 15) is 14.4 Å². The third kappa shape index (κ3) is 3.66. The van der Waals surface area contributed by atoms with Gasteiger partial charge >= 0.3 is 11.7 Å². The largest absolute Gasteiger partial charge is 0.465 e. The van der Waals surface area contributed by atoms with Gasteiger partial charge in [-0.2, -0.15) is 0 Å². The Morgan fingerprint density at radius 3 is 2.42 bits per heavy atom. The van der Waals surface area contributed by atoms with Gasteiger partial charge in [0, 0.05) is 5.69 Å². The van der Waals surface area contributed by atoms with E-state index in [1.54, 1.807) is 31.2 Å². The summed E-state index contributed by atoms with van der Waals surface area (Å²) < 4.78 is 7.40. The zero-order chi connectivity index (χ0) is 22.1. The highest BCUT2D eigenvalue weighted by atomic mass is 16.5. The van der Waals surface area contributed by atoms with Crippen LogP contribution in [0.2, 0.25) is 0 Å². The molecule has 7 nitrogen and oxygen atoms in total. The Hall–Kier alpha value is -4.00. The smallest absolute Gasteiger partial charge is 0.338 e. The van der Waals surface area contributed by atoms with Crippen LogP contribution in [0, 0.1) is 13.8 Å². The quantitative estimate of drug-likeness (QED) is 0.479. The van der Waals surface area contributed by atoms with Crippen LogP contribution in [0.1, 0.15) is 27.2 Å². The third-order valence-corrected chi connectivity index (χ3v) is 5.06. The van der Waals surface area contributed by atoms with Gasteiger partial charge in [-0.25, -0.2) is 19.1 Å². The summed E-state index contributed by atoms with van der Waals surface area (Å²) in [5.74, 6) is -0.659. The van der Waals surface area contributed by atoms with Gasteiger partial charge in [0.2, 0.25) is 0 Å². The minimum absolute atomic E-state index is 0.0496. The highest BCUT2D eigenvalue weighted by Crippen LogP contribution is 2.18. The van der Waals surface area contributed by atoms with Crippen LogP contribution in [-0.4, -0.2) is 27.2 Å². The van der Waals surface area contributed by atoms with Crippen LogP contribution in [0.25, 0.3) is 16.7 Å². The van der Waals surface area contributed by atoms with Gasteiger partial charge in [0.25, 0.3) is 5.56 Å². The summed E-state index contributed by atoms with van der Waals surface area (Å²) in [7, 11) is 1.25. The van der Waals surface area contributed by atoms with E-state index >= 15 is 0 Å². The van der Waals surface area contributed by atoms with Crippen molar-refractivity contribution in [2.45, 2.75) is 20.4 Å². The van der Waals surface area contributed by atoms with Crippen LogP contribution >= 0.6 is 0 Å². The molecule has 0 amide bonds. The molecule has 0 aliphatic carbocycles. The molecule has 0 saturated carbocycles. The molecule has 0 radical (unpaired) electrons. The second kappa shape index (κ2) is 8.02. The van der Waals surface area contributed by atoms with Crippen LogP contribution in [0.4, 0.5) is 0 Å². The van der Waals surface area contributed by atoms with Crippen molar-refractivity contribution in [3.63, 3.8) is 0 Å². The van der Waals surface area contributed by atoms with Gasteiger partial charge in [-0.05, 0) is 37.6 Å². The normalized spacial score (nSPS) is 10.9. The lowest BCUT2D eigenvalue weighted by Gasteiger charge is -2.16. The van der Waals surface area contributed by atoms with Crippen molar-refractivity contribution in [2.24, 2.45) is 0 Å². The van der Waals surface area contributed by atoms with E-state index in [-0.39, 0.29) is 23.1 Å². The number of esters is 1. The maximum atomic E-state index is 13.5. The van der Waals surface area contributed by atoms with Crippen molar-refractivity contribution in [2.75, 3.05) is 7.11 Å². The lowest BCUT2D eigenvalue weighted by molar-refractivity contribution is 0.0602. The Labute approximate surface area is 178 Å². The molecule has 2 heterocycles. The van der Waals surface area contributed by atoms with Crippen molar-refractivity contribution >= 4 is 17.0 Å². The molecule has 156 valence electrons. The van der Waals surface area contributed by atoms with Crippen molar-refractivity contribution in [3.8, 4) is 5.69 Å². The van der Waals surface area contributed by atoms with Crippen LogP contribution in [0.15, 0.2) is 70.3 Å². The number of carbonyl (C=O) groups is 1. The van der Waals surface area contributed by atoms with Crippen molar-refractivity contribution in [1.82, 2.24) is 14.1 Å². The summed E-state index contributed by atoms with van der Waals surface area (Å²) in [6.45, 7) is 3.71. The molecular weight excluding hydrogens is 394 g/mol. The third-order valence-electron chi connectivity index (χ3n) is 5.06. The second-order valence-corrected chi connectivity index (χ2v) is 7.34. The van der Waals surface area contributed by atoms with Gasteiger partial charge in [-0.15, -0.1) is 0 Å². The van der Waals surface area contributed by atoms with Crippen molar-refractivity contribution in [1.29, 1.82) is 0 Å². The van der Waals surface area contributed by atoms with Crippen molar-refractivity contribution in [3.05, 3.63) is 104 Å². The summed E-state index contributed by atoms with van der Waals surface area (Å²) in [4.78, 5) is 44.0. The number of aromatic nitrogens is 3. The first-order valence-electron chi connectivity index (χ1n) is 9.77. The predicted octanol–water partition coefficient (Wildman–Crippen LogP) is 3.00. The summed E-state index contributed by atoms with van der Waals surface area (Å²) in [5, 5.41) is 0.0496. The number of carbonyl (C=O) groups excluding carboxylic acids is 1. The molecule has 0 atom stereocenters. The zero-order valence-corrected chi connectivity index (χ0v) is 17.5. The zero-order valence-electron chi connectivity index (χ0n) is 17.5. The average molecular weight is 415 g/mol. The van der Waals surface area contributed by atoms with E-state index in [1.807, 2.05) is 37.3 Å². The van der Waals surface area contributed by atoms with Gasteiger partial charge in [-0.1, -0.05) is 48.0 Å². The maximum absolute atomic E-state index is 13.5. The highest BCUT2D eigenvalue weighted by Gasteiger charge is 2.22. The Morgan fingerprint density at radius 2 is 1.74 bits per heavy atom. The Bertz CT molecular complexity index is 1420. The number of methoxy groups -OCH3 is 1. The molecule has 2 aromatic carbocycles. The molecule has 0 bridgehead atoms. The minimum atomic E-state index is -0.659. The number of aryl methyl sites for hydroxylation is 2. The van der Waals surface area contributed by atoms with Gasteiger partial charge in [-0.3, -0.25) is 9.36 Å². The molecule has 0 saturated heterocycles. The molecule has 0 fully saturated rings. The SMILES string of the molecule is COC(=O)c1cc(C)nc2c1c(=O)n(Cc1cccc(C)c1)c(=O)n2-c1ccccc1. The van der Waals surface area contributed by atoms with E-state index < -0.39 is 17.2 Å². The Morgan fingerprint density at radius 1 is 1.00 bits per heavy atom. The first kappa shape index (κ1) is 20.3. The molecular formula is C24H21N3O4. The number of hydrogen-bond donors (Lipinski definition) is 0. The molecule has 4 rings (SSSR count). The van der Waals surface area contributed by atoms with E-state index in [1.165, 1.54) is 17.7 Å². The lowest BCUT2D eigenvalue weighted by atomic mass is 10.1. The predicted molar refractivity (Wildman–Crippen MR) is 118 cm³/mol. The van der Waals surface area contributed by atoms with E-state index in [0.717, 1.165) is 15.7 Å². The monoisotopic (exact) mass is 415 g/mol. The molecule has 0 spiro atoms. The fraction of sp³-hybridized carbons (Fsp3) is 0.167. The summed E-state index contributed by atoms with van der Waals surface area (Å²) in [5.41, 5.74) is 1.96. The molecule has 0 unspecified atom stereocenters. The highest BCUT2D eigenvalue weighted by molar-refractivity contribution is 6.02. The number of fused-ring (bicyclic) bond motifs is 1. The molecule has 4 aromatic rings. The lowest BCUT2D eigenvalue weighted by Crippen LogP contribution is -2.40. The molecule has 0 N–H and O–H groups in total. The van der Waals surface area contributed by atoms with Gasteiger partial charge < -0.3 is 4.74 Å². The number of pyridine rings is 1. The summed E-state index contributed by atoms with van der Waals surface area (Å²) >= 11 is 0. The van der Waals surface area contributed by atoms with E-state index in [2.05, 4.69) is 4.98 Å². The van der Waals surface area contributed by atoms with Gasteiger partial charge in [0.15, 0.2) is 5.65 Å². The number of ether oxygens (including phenoxy) is 1. The minimum Gasteiger partial charge on any atom is -0.465 e. The van der Waals surface area contributed by atoms with Gasteiger partial charge in [0.05, 0.1) is 30.3 Å². The Kier molecular flexibility index (Phi) is 5.25. The van der Waals surface area contributed by atoms with Crippen LogP contribution < -0.4 is 11.2 Å². The van der Waals surface area contributed by atoms with Gasteiger partial charge in [0.1, 0.15) is 0 Å². The number of para-hydroxylation sites is 1. The number of nitrogens with zero attached hydrogens (tertiary/aromatic N) is 3. The molecule has 0 aliphatic heterocycles. The topological polar surface area (TPSA) is 83.2 Å². The first-order valence-corrected chi connectivity index (χ1v) is 9.77.